The largest absolute Gasteiger partial charge is 0.352 e. The predicted octanol–water partition coefficient (Wildman–Crippen LogP) is 4.68. The zero-order valence-electron chi connectivity index (χ0n) is 22.5. The molecule has 1 heterocycles. The Morgan fingerprint density at radius 2 is 1.56 bits per heavy atom. The number of nitrogens with zero attached hydrogens (tertiary/aromatic N) is 2. The third kappa shape index (κ3) is 6.54. The molecule has 1 saturated carbocycles. The van der Waals surface area contributed by atoms with E-state index < -0.39 is 34.4 Å². The molecule has 1 fully saturated rings. The molecular weight excluding hydrogens is 606 g/mol. The van der Waals surface area contributed by atoms with Crippen molar-refractivity contribution in [2.24, 2.45) is 0 Å². The number of halogens is 1. The summed E-state index contributed by atoms with van der Waals surface area (Å²) in [5.74, 6) is -1.66. The molecule has 0 saturated heterocycles. The summed E-state index contributed by atoms with van der Waals surface area (Å²) in [6.07, 6.45) is 5.19. The maximum absolute atomic E-state index is 14.1. The maximum Gasteiger partial charge on any atom is 0.269 e. The minimum Gasteiger partial charge on any atom is -0.352 e. The highest BCUT2D eigenvalue weighted by molar-refractivity contribution is 9.10. The van der Waals surface area contributed by atoms with Crippen LogP contribution < -0.4 is 5.32 Å². The van der Waals surface area contributed by atoms with Crippen molar-refractivity contribution in [2.75, 3.05) is 6.54 Å². The zero-order chi connectivity index (χ0) is 29.0. The molecule has 1 aliphatic heterocycles. The fraction of sp³-hybridized carbons (Fsp3) is 0.323. The van der Waals surface area contributed by atoms with Crippen molar-refractivity contribution in [3.8, 4) is 0 Å². The number of carbonyl (C=O) groups excluding carboxylic acids is 3. The van der Waals surface area contributed by atoms with Crippen molar-refractivity contribution in [1.29, 1.82) is 0 Å². The van der Waals surface area contributed by atoms with Gasteiger partial charge in [-0.1, -0.05) is 89.8 Å². The Kier molecular flexibility index (Phi) is 8.89. The fourth-order valence-corrected chi connectivity index (χ4v) is 7.27. The smallest absolute Gasteiger partial charge is 0.269 e. The number of rotatable bonds is 9. The third-order valence-corrected chi connectivity index (χ3v) is 10.00. The number of amides is 3. The molecule has 3 amide bonds. The fourth-order valence-electron chi connectivity index (χ4n) is 5.49. The maximum atomic E-state index is 14.1. The standard InChI is InChI=1S/C31H32BrN3O5S/c32-24-17-15-23(16-18-24)20-34(29(36)21-35-31(38)26-13-7-8-14-28(26)41(35,39)40)27(19-22-9-3-1-4-10-22)30(37)33-25-11-5-2-6-12-25/h1,3-4,7-10,13-18,25,27H,2,5-6,11-12,19-21H2,(H,33,37)/t27-/m0/s1. The molecular formula is C31H32BrN3O5S. The highest BCUT2D eigenvalue weighted by Crippen LogP contribution is 2.30. The molecule has 0 bridgehead atoms. The first kappa shape index (κ1) is 29.0. The molecule has 0 radical (unpaired) electrons. The Hall–Kier alpha value is -3.50. The van der Waals surface area contributed by atoms with Crippen LogP contribution in [0.1, 0.15) is 53.6 Å². The van der Waals surface area contributed by atoms with E-state index in [1.54, 1.807) is 12.1 Å². The summed E-state index contributed by atoms with van der Waals surface area (Å²) in [5, 5.41) is 3.16. The highest BCUT2D eigenvalue weighted by atomic mass is 79.9. The first-order valence-corrected chi connectivity index (χ1v) is 16.0. The summed E-state index contributed by atoms with van der Waals surface area (Å²) in [4.78, 5) is 42.4. The van der Waals surface area contributed by atoms with Crippen LogP contribution in [0.4, 0.5) is 0 Å². The Bertz CT molecular complexity index is 1520. The van der Waals surface area contributed by atoms with Gasteiger partial charge in [0.15, 0.2) is 0 Å². The lowest BCUT2D eigenvalue weighted by molar-refractivity contribution is -0.141. The molecule has 214 valence electrons. The van der Waals surface area contributed by atoms with Gasteiger partial charge in [-0.3, -0.25) is 14.4 Å². The van der Waals surface area contributed by atoms with Gasteiger partial charge in [-0.05, 0) is 48.2 Å². The van der Waals surface area contributed by atoms with Gasteiger partial charge < -0.3 is 10.2 Å². The summed E-state index contributed by atoms with van der Waals surface area (Å²) in [7, 11) is -4.20. The van der Waals surface area contributed by atoms with Crippen molar-refractivity contribution in [1.82, 2.24) is 14.5 Å². The van der Waals surface area contributed by atoms with Crippen LogP contribution in [0.3, 0.4) is 0 Å². The number of nitrogens with one attached hydrogen (secondary N) is 1. The summed E-state index contributed by atoms with van der Waals surface area (Å²) >= 11 is 3.43. The van der Waals surface area contributed by atoms with Crippen LogP contribution in [0.5, 0.6) is 0 Å². The minimum atomic E-state index is -4.20. The molecule has 1 aliphatic carbocycles. The van der Waals surface area contributed by atoms with Gasteiger partial charge in [0.25, 0.3) is 15.9 Å². The second-order valence-electron chi connectivity index (χ2n) is 10.5. The summed E-state index contributed by atoms with van der Waals surface area (Å²) in [6.45, 7) is -0.634. The van der Waals surface area contributed by atoms with Crippen LogP contribution in [0, 0.1) is 0 Å². The Morgan fingerprint density at radius 1 is 0.902 bits per heavy atom. The van der Waals surface area contributed by atoms with Gasteiger partial charge in [0.05, 0.1) is 5.56 Å². The van der Waals surface area contributed by atoms with Gasteiger partial charge in [-0.2, -0.15) is 0 Å². The average molecular weight is 639 g/mol. The second-order valence-corrected chi connectivity index (χ2v) is 13.3. The molecule has 0 spiro atoms. The summed E-state index contributed by atoms with van der Waals surface area (Å²) in [6, 6.07) is 21.8. The molecule has 5 rings (SSSR count). The van der Waals surface area contributed by atoms with E-state index in [1.807, 2.05) is 54.6 Å². The molecule has 0 aromatic heterocycles. The molecule has 0 unspecified atom stereocenters. The van der Waals surface area contributed by atoms with Crippen LogP contribution in [-0.2, 0) is 32.6 Å². The monoisotopic (exact) mass is 637 g/mol. The van der Waals surface area contributed by atoms with Gasteiger partial charge in [0, 0.05) is 23.5 Å². The minimum absolute atomic E-state index is 0.0224. The third-order valence-electron chi connectivity index (χ3n) is 7.68. The van der Waals surface area contributed by atoms with Gasteiger partial charge >= 0.3 is 0 Å². The quantitative estimate of drug-likeness (QED) is 0.367. The van der Waals surface area contributed by atoms with Crippen molar-refractivity contribution < 1.29 is 22.8 Å². The van der Waals surface area contributed by atoms with Gasteiger partial charge in [-0.25, -0.2) is 12.7 Å². The molecule has 8 nitrogen and oxygen atoms in total. The lowest BCUT2D eigenvalue weighted by Crippen LogP contribution is -2.55. The molecule has 1 atom stereocenters. The zero-order valence-corrected chi connectivity index (χ0v) is 24.9. The van der Waals surface area contributed by atoms with E-state index in [0.29, 0.717) is 4.31 Å². The molecule has 1 N–H and O–H groups in total. The van der Waals surface area contributed by atoms with Gasteiger partial charge in [0.2, 0.25) is 11.8 Å². The van der Waals surface area contributed by atoms with Gasteiger partial charge in [-0.15, -0.1) is 0 Å². The van der Waals surface area contributed by atoms with E-state index in [1.165, 1.54) is 17.0 Å². The molecule has 41 heavy (non-hydrogen) atoms. The van der Waals surface area contributed by atoms with Crippen molar-refractivity contribution >= 4 is 43.7 Å². The van der Waals surface area contributed by atoms with E-state index in [2.05, 4.69) is 21.2 Å². The molecule has 2 aliphatic rings. The van der Waals surface area contributed by atoms with E-state index in [4.69, 9.17) is 0 Å². The number of benzene rings is 3. The van der Waals surface area contributed by atoms with Crippen molar-refractivity contribution in [3.05, 3.63) is 100 Å². The van der Waals surface area contributed by atoms with E-state index in [-0.39, 0.29) is 35.4 Å². The van der Waals surface area contributed by atoms with Crippen LogP contribution in [0.2, 0.25) is 0 Å². The van der Waals surface area contributed by atoms with Crippen LogP contribution >= 0.6 is 15.9 Å². The van der Waals surface area contributed by atoms with E-state index >= 15 is 0 Å². The SMILES string of the molecule is O=C(NC1CCCCC1)[C@H](Cc1ccccc1)N(Cc1ccc(Br)cc1)C(=O)CN1C(=O)c2ccccc2S1(=O)=O. The van der Waals surface area contributed by atoms with E-state index in [0.717, 1.165) is 47.7 Å². The Morgan fingerprint density at radius 3 is 2.24 bits per heavy atom. The van der Waals surface area contributed by atoms with Crippen LogP contribution in [0.25, 0.3) is 0 Å². The van der Waals surface area contributed by atoms with E-state index in [9.17, 15) is 22.8 Å². The lowest BCUT2D eigenvalue weighted by atomic mass is 9.94. The van der Waals surface area contributed by atoms with Crippen LogP contribution in [0.15, 0.2) is 88.2 Å². The highest BCUT2D eigenvalue weighted by Gasteiger charge is 2.43. The second kappa shape index (κ2) is 12.6. The topological polar surface area (TPSA) is 104 Å². The lowest BCUT2D eigenvalue weighted by Gasteiger charge is -2.34. The van der Waals surface area contributed by atoms with Crippen molar-refractivity contribution in [2.45, 2.75) is 62.0 Å². The van der Waals surface area contributed by atoms with Gasteiger partial charge in [0.1, 0.15) is 17.5 Å². The Balaban J connectivity index is 1.48. The number of fused-ring (bicyclic) bond motifs is 1. The normalized spacial score (nSPS) is 17.1. The number of carbonyl (C=O) groups is 3. The Labute approximate surface area is 248 Å². The molecule has 3 aromatic carbocycles. The number of sulfonamides is 1. The molecule has 10 heteroatoms. The average Bonchev–Trinajstić information content (AvgIpc) is 3.17. The predicted molar refractivity (Wildman–Crippen MR) is 158 cm³/mol. The molecule has 3 aromatic rings. The van der Waals surface area contributed by atoms with Crippen molar-refractivity contribution in [3.63, 3.8) is 0 Å². The number of hydrogen-bond donors (Lipinski definition) is 1. The first-order chi connectivity index (χ1) is 19.7. The first-order valence-electron chi connectivity index (χ1n) is 13.8. The summed E-state index contributed by atoms with van der Waals surface area (Å²) in [5.41, 5.74) is 1.67. The summed E-state index contributed by atoms with van der Waals surface area (Å²) < 4.78 is 28.0. The number of hydrogen-bond acceptors (Lipinski definition) is 5. The van der Waals surface area contributed by atoms with Crippen LogP contribution in [-0.4, -0.2) is 54.0 Å².